The third-order valence-corrected chi connectivity index (χ3v) is 2.86. The van der Waals surface area contributed by atoms with E-state index in [9.17, 15) is 29.3 Å². The maximum absolute atomic E-state index is 12.1. The lowest BCUT2D eigenvalue weighted by atomic mass is 10.1. The minimum atomic E-state index is -1.16. The van der Waals surface area contributed by atoms with Crippen molar-refractivity contribution in [3.05, 3.63) is 70.3 Å². The Labute approximate surface area is 153 Å². The number of benzene rings is 1. The SMILES string of the molecule is C=CCC(=Cc1cccc([N+](=O)[O-])c1)C(=O)OC(=O)/C=C\C(=O)NC(N)=O. The minimum Gasteiger partial charge on any atom is -0.386 e. The number of nitro benzene ring substituents is 1. The van der Waals surface area contributed by atoms with E-state index in [1.165, 1.54) is 36.4 Å². The topological polar surface area (TPSA) is 159 Å². The molecule has 3 N–H and O–H groups in total. The van der Waals surface area contributed by atoms with Crippen LogP contribution in [0.1, 0.15) is 12.0 Å². The van der Waals surface area contributed by atoms with E-state index in [1.807, 2.05) is 0 Å². The van der Waals surface area contributed by atoms with E-state index in [0.717, 1.165) is 0 Å². The molecule has 1 aromatic carbocycles. The number of esters is 2. The van der Waals surface area contributed by atoms with E-state index in [4.69, 9.17) is 5.73 Å². The number of carbonyl (C=O) groups excluding carboxylic acids is 4. The number of nitrogens with two attached hydrogens (primary N) is 1. The van der Waals surface area contributed by atoms with Crippen molar-refractivity contribution in [1.29, 1.82) is 0 Å². The van der Waals surface area contributed by atoms with Gasteiger partial charge < -0.3 is 10.5 Å². The highest BCUT2D eigenvalue weighted by Gasteiger charge is 2.14. The minimum absolute atomic E-state index is 0.00818. The van der Waals surface area contributed by atoms with Gasteiger partial charge in [-0.3, -0.25) is 20.2 Å². The summed E-state index contributed by atoms with van der Waals surface area (Å²) in [6, 6.07) is 4.38. The Bertz CT molecular complexity index is 856. The van der Waals surface area contributed by atoms with Crippen molar-refractivity contribution >= 4 is 35.6 Å². The number of ether oxygens (including phenoxy) is 1. The number of nitrogens with one attached hydrogen (secondary N) is 1. The number of carbonyl (C=O) groups is 4. The average Bonchev–Trinajstić information content (AvgIpc) is 2.59. The molecule has 0 radical (unpaired) electrons. The van der Waals surface area contributed by atoms with E-state index in [0.29, 0.717) is 17.7 Å². The number of primary amides is 1. The third kappa shape index (κ3) is 7.56. The summed E-state index contributed by atoms with van der Waals surface area (Å²) in [5, 5.41) is 12.5. The number of hydrogen-bond donors (Lipinski definition) is 2. The number of imide groups is 1. The van der Waals surface area contributed by atoms with Gasteiger partial charge in [-0.25, -0.2) is 14.4 Å². The van der Waals surface area contributed by atoms with E-state index < -0.39 is 28.8 Å². The Kier molecular flexibility index (Phi) is 7.79. The molecule has 0 bridgehead atoms. The lowest BCUT2D eigenvalue weighted by molar-refractivity contribution is -0.384. The summed E-state index contributed by atoms with van der Waals surface area (Å²) in [7, 11) is 0. The summed E-state index contributed by atoms with van der Waals surface area (Å²) in [5.41, 5.74) is 4.91. The van der Waals surface area contributed by atoms with E-state index in [1.54, 1.807) is 5.32 Å². The number of non-ortho nitro benzene ring substituents is 1. The van der Waals surface area contributed by atoms with Crippen LogP contribution in [0.5, 0.6) is 0 Å². The van der Waals surface area contributed by atoms with Gasteiger partial charge in [0, 0.05) is 29.9 Å². The molecule has 1 aromatic rings. The van der Waals surface area contributed by atoms with Crippen LogP contribution >= 0.6 is 0 Å². The molecule has 0 saturated heterocycles. The summed E-state index contributed by atoms with van der Waals surface area (Å²) < 4.78 is 4.56. The van der Waals surface area contributed by atoms with Crippen LogP contribution in [0.2, 0.25) is 0 Å². The van der Waals surface area contributed by atoms with Gasteiger partial charge in [0.1, 0.15) is 0 Å². The monoisotopic (exact) mass is 373 g/mol. The summed E-state index contributed by atoms with van der Waals surface area (Å²) in [6.45, 7) is 3.48. The number of nitro groups is 1. The molecule has 0 aliphatic rings. The molecule has 1 rings (SSSR count). The number of hydrogen-bond acceptors (Lipinski definition) is 7. The van der Waals surface area contributed by atoms with Gasteiger partial charge in [0.2, 0.25) is 0 Å². The van der Waals surface area contributed by atoms with Gasteiger partial charge in [0.25, 0.3) is 11.6 Å². The van der Waals surface area contributed by atoms with Gasteiger partial charge in [-0.1, -0.05) is 18.2 Å². The van der Waals surface area contributed by atoms with Crippen molar-refractivity contribution in [3.8, 4) is 0 Å². The van der Waals surface area contributed by atoms with Gasteiger partial charge in [-0.2, -0.15) is 0 Å². The first kappa shape index (κ1) is 21.0. The number of amides is 3. The summed E-state index contributed by atoms with van der Waals surface area (Å²) in [5.74, 6) is -3.15. The maximum Gasteiger partial charge on any atom is 0.342 e. The predicted octanol–water partition coefficient (Wildman–Crippen LogP) is 1.38. The summed E-state index contributed by atoms with van der Waals surface area (Å²) >= 11 is 0. The summed E-state index contributed by atoms with van der Waals surface area (Å²) in [6.07, 6.45) is 4.02. The van der Waals surface area contributed by atoms with E-state index in [2.05, 4.69) is 11.3 Å². The Morgan fingerprint density at radius 3 is 2.56 bits per heavy atom. The van der Waals surface area contributed by atoms with Gasteiger partial charge in [0.15, 0.2) is 0 Å². The molecule has 0 unspecified atom stereocenters. The molecule has 27 heavy (non-hydrogen) atoms. The van der Waals surface area contributed by atoms with Crippen LogP contribution in [0.4, 0.5) is 10.5 Å². The number of allylic oxidation sites excluding steroid dienone is 1. The van der Waals surface area contributed by atoms with Crippen LogP contribution in [-0.4, -0.2) is 28.8 Å². The Balaban J connectivity index is 2.90. The molecular formula is C17H15N3O7. The highest BCUT2D eigenvalue weighted by molar-refractivity contribution is 6.06. The van der Waals surface area contributed by atoms with E-state index in [-0.39, 0.29) is 17.7 Å². The van der Waals surface area contributed by atoms with Crippen LogP contribution < -0.4 is 11.1 Å². The lowest BCUT2D eigenvalue weighted by Gasteiger charge is -2.04. The highest BCUT2D eigenvalue weighted by atomic mass is 16.6. The molecule has 140 valence electrons. The Hall–Kier alpha value is -4.08. The molecular weight excluding hydrogens is 358 g/mol. The largest absolute Gasteiger partial charge is 0.386 e. The molecule has 0 atom stereocenters. The van der Waals surface area contributed by atoms with Gasteiger partial charge >= 0.3 is 18.0 Å². The molecule has 0 spiro atoms. The molecule has 0 aliphatic carbocycles. The quantitative estimate of drug-likeness (QED) is 0.182. The van der Waals surface area contributed by atoms with Crippen molar-refractivity contribution in [2.24, 2.45) is 5.73 Å². The van der Waals surface area contributed by atoms with Gasteiger partial charge in [-0.15, -0.1) is 6.58 Å². The molecule has 0 heterocycles. The van der Waals surface area contributed by atoms with Crippen LogP contribution in [0.3, 0.4) is 0 Å². The average molecular weight is 373 g/mol. The fourth-order valence-corrected chi connectivity index (χ4v) is 1.78. The van der Waals surface area contributed by atoms with Crippen molar-refractivity contribution in [1.82, 2.24) is 5.32 Å². The number of nitrogens with zero attached hydrogens (tertiary/aromatic N) is 1. The maximum atomic E-state index is 12.1. The normalized spacial score (nSPS) is 10.9. The van der Waals surface area contributed by atoms with Gasteiger partial charge in [0.05, 0.1) is 4.92 Å². The fraction of sp³-hybridized carbons (Fsp3) is 0.0588. The first-order valence-corrected chi connectivity index (χ1v) is 7.33. The number of rotatable bonds is 7. The van der Waals surface area contributed by atoms with Gasteiger partial charge in [-0.05, 0) is 18.1 Å². The van der Waals surface area contributed by atoms with E-state index >= 15 is 0 Å². The zero-order valence-corrected chi connectivity index (χ0v) is 13.9. The third-order valence-electron chi connectivity index (χ3n) is 2.86. The molecule has 0 fully saturated rings. The smallest absolute Gasteiger partial charge is 0.342 e. The number of urea groups is 1. The molecule has 0 aromatic heterocycles. The fourth-order valence-electron chi connectivity index (χ4n) is 1.78. The molecule has 0 aliphatic heterocycles. The predicted molar refractivity (Wildman–Crippen MR) is 93.9 cm³/mol. The van der Waals surface area contributed by atoms with Crippen molar-refractivity contribution < 1.29 is 28.8 Å². The van der Waals surface area contributed by atoms with Crippen molar-refractivity contribution in [2.75, 3.05) is 0 Å². The molecule has 10 nitrogen and oxygen atoms in total. The Morgan fingerprint density at radius 1 is 1.26 bits per heavy atom. The van der Waals surface area contributed by atoms with Crippen molar-refractivity contribution in [2.45, 2.75) is 6.42 Å². The lowest BCUT2D eigenvalue weighted by Crippen LogP contribution is -2.33. The van der Waals surface area contributed by atoms with Crippen LogP contribution in [-0.2, 0) is 19.1 Å². The zero-order chi connectivity index (χ0) is 20.4. The zero-order valence-electron chi connectivity index (χ0n) is 13.9. The van der Waals surface area contributed by atoms with Crippen LogP contribution in [0.25, 0.3) is 6.08 Å². The highest BCUT2D eigenvalue weighted by Crippen LogP contribution is 2.18. The molecule has 0 saturated carbocycles. The van der Waals surface area contributed by atoms with Crippen LogP contribution in [0, 0.1) is 10.1 Å². The van der Waals surface area contributed by atoms with Crippen molar-refractivity contribution in [3.63, 3.8) is 0 Å². The Morgan fingerprint density at radius 2 is 1.96 bits per heavy atom. The molecule has 3 amide bonds. The molecule has 10 heteroatoms. The van der Waals surface area contributed by atoms with Crippen LogP contribution in [0.15, 0.2) is 54.6 Å². The second-order valence-corrected chi connectivity index (χ2v) is 4.91. The summed E-state index contributed by atoms with van der Waals surface area (Å²) in [4.78, 5) is 55.5. The second-order valence-electron chi connectivity index (χ2n) is 4.91. The first-order valence-electron chi connectivity index (χ1n) is 7.33. The second kappa shape index (κ2) is 10.0. The standard InChI is InChI=1S/C17H15N3O7/c1-2-4-12(9-11-5-3-6-13(10-11)20(25)26)16(23)27-15(22)8-7-14(21)19-17(18)24/h2-3,5-10H,1,4H2,(H3,18,19,21,24)/b8-7-,12-9?. The first-order chi connectivity index (χ1) is 12.7.